The third-order valence-electron chi connectivity index (χ3n) is 1.80. The van der Waals surface area contributed by atoms with Gasteiger partial charge in [0.05, 0.1) is 30.5 Å². The van der Waals surface area contributed by atoms with Crippen molar-refractivity contribution < 1.29 is 5.11 Å². The molecule has 2 aromatic rings. The minimum Gasteiger partial charge on any atom is -0.390 e. The Kier molecular flexibility index (Phi) is 2.06. The molecule has 0 bridgehead atoms. The minimum atomic E-state index is -0.0245. The maximum absolute atomic E-state index is 8.78. The van der Waals surface area contributed by atoms with Crippen LogP contribution < -0.4 is 0 Å². The van der Waals surface area contributed by atoms with Gasteiger partial charge in [0.25, 0.3) is 0 Å². The van der Waals surface area contributed by atoms with Crippen molar-refractivity contribution in [3.8, 4) is 11.3 Å². The predicted molar refractivity (Wildman–Crippen MR) is 47.7 cm³/mol. The first-order chi connectivity index (χ1) is 6.40. The second kappa shape index (κ2) is 3.37. The number of hydrogen-bond donors (Lipinski definition) is 2. The van der Waals surface area contributed by atoms with Crippen LogP contribution in [0.3, 0.4) is 0 Å². The summed E-state index contributed by atoms with van der Waals surface area (Å²) in [6.07, 6.45) is 5.06. The number of hydrogen-bond acceptors (Lipinski definition) is 3. The summed E-state index contributed by atoms with van der Waals surface area (Å²) in [5.41, 5.74) is 2.56. The molecular weight excluding hydrogens is 166 g/mol. The molecule has 4 heteroatoms. The minimum absolute atomic E-state index is 0.0245. The molecule has 0 aromatic carbocycles. The summed E-state index contributed by atoms with van der Waals surface area (Å²) >= 11 is 0. The van der Waals surface area contributed by atoms with Crippen molar-refractivity contribution >= 4 is 0 Å². The lowest BCUT2D eigenvalue weighted by molar-refractivity contribution is 0.277. The number of aliphatic hydroxyl groups excluding tert-OH is 1. The van der Waals surface area contributed by atoms with Crippen molar-refractivity contribution in [1.29, 1.82) is 0 Å². The summed E-state index contributed by atoms with van der Waals surface area (Å²) in [4.78, 5) is 10.9. The Hall–Kier alpha value is -1.68. The van der Waals surface area contributed by atoms with Gasteiger partial charge in [-0.05, 0) is 12.1 Å². The molecule has 0 radical (unpaired) electrons. The Morgan fingerprint density at radius 2 is 2.23 bits per heavy atom. The first kappa shape index (κ1) is 7.94. The summed E-state index contributed by atoms with van der Waals surface area (Å²) in [5.74, 6) is 0. The number of rotatable bonds is 2. The lowest BCUT2D eigenvalue weighted by Gasteiger charge is -1.97. The van der Waals surface area contributed by atoms with Crippen LogP contribution in [0.2, 0.25) is 0 Å². The van der Waals surface area contributed by atoms with E-state index in [9.17, 15) is 0 Å². The molecule has 2 N–H and O–H groups in total. The van der Waals surface area contributed by atoms with Crippen LogP contribution in [-0.4, -0.2) is 20.1 Å². The summed E-state index contributed by atoms with van der Waals surface area (Å²) in [6, 6.07) is 3.68. The van der Waals surface area contributed by atoms with Crippen LogP contribution in [-0.2, 0) is 6.61 Å². The highest BCUT2D eigenvalue weighted by Crippen LogP contribution is 2.14. The third kappa shape index (κ3) is 1.57. The number of aliphatic hydroxyl groups is 1. The van der Waals surface area contributed by atoms with Crippen LogP contribution in [0, 0.1) is 0 Å². The fourth-order valence-corrected chi connectivity index (χ4v) is 1.09. The quantitative estimate of drug-likeness (QED) is 0.714. The zero-order chi connectivity index (χ0) is 9.10. The van der Waals surface area contributed by atoms with Crippen molar-refractivity contribution in [2.24, 2.45) is 0 Å². The molecule has 0 aliphatic carbocycles. The molecule has 0 aliphatic heterocycles. The van der Waals surface area contributed by atoms with Crippen molar-refractivity contribution in [2.45, 2.75) is 6.61 Å². The van der Waals surface area contributed by atoms with Crippen LogP contribution >= 0.6 is 0 Å². The van der Waals surface area contributed by atoms with E-state index in [-0.39, 0.29) is 6.61 Å². The van der Waals surface area contributed by atoms with E-state index in [1.807, 2.05) is 6.07 Å². The van der Waals surface area contributed by atoms with E-state index in [4.69, 9.17) is 5.11 Å². The van der Waals surface area contributed by atoms with E-state index in [2.05, 4.69) is 15.0 Å². The van der Waals surface area contributed by atoms with Gasteiger partial charge in [0.15, 0.2) is 0 Å². The summed E-state index contributed by atoms with van der Waals surface area (Å²) in [5, 5.41) is 8.78. The highest BCUT2D eigenvalue weighted by atomic mass is 16.3. The van der Waals surface area contributed by atoms with Gasteiger partial charge in [-0.3, -0.25) is 4.98 Å². The first-order valence-corrected chi connectivity index (χ1v) is 3.94. The Balaban J connectivity index is 2.33. The van der Waals surface area contributed by atoms with Gasteiger partial charge in [-0.15, -0.1) is 0 Å². The smallest absolute Gasteiger partial charge is 0.0924 e. The van der Waals surface area contributed by atoms with Gasteiger partial charge in [-0.1, -0.05) is 0 Å². The van der Waals surface area contributed by atoms with Crippen molar-refractivity contribution in [2.75, 3.05) is 0 Å². The number of nitrogens with one attached hydrogen (secondary N) is 1. The van der Waals surface area contributed by atoms with Gasteiger partial charge in [-0.2, -0.15) is 0 Å². The van der Waals surface area contributed by atoms with Crippen molar-refractivity contribution in [1.82, 2.24) is 15.0 Å². The fourth-order valence-electron chi connectivity index (χ4n) is 1.09. The number of nitrogens with zero attached hydrogens (tertiary/aromatic N) is 2. The second-order valence-corrected chi connectivity index (χ2v) is 2.66. The van der Waals surface area contributed by atoms with Crippen LogP contribution in [0.1, 0.15) is 5.69 Å². The Morgan fingerprint density at radius 1 is 1.31 bits per heavy atom. The number of pyridine rings is 1. The molecule has 0 saturated carbocycles. The zero-order valence-corrected chi connectivity index (χ0v) is 6.94. The largest absolute Gasteiger partial charge is 0.390 e. The van der Waals surface area contributed by atoms with Crippen LogP contribution in [0.5, 0.6) is 0 Å². The molecule has 0 aliphatic rings. The number of H-pyrrole nitrogens is 1. The van der Waals surface area contributed by atoms with Crippen LogP contribution in [0.25, 0.3) is 11.3 Å². The Labute approximate surface area is 75.3 Å². The lowest BCUT2D eigenvalue weighted by Crippen LogP contribution is -1.88. The summed E-state index contributed by atoms with van der Waals surface area (Å²) in [7, 11) is 0. The SMILES string of the molecule is OCc1ccc(-c2cnc[nH]2)cn1. The summed E-state index contributed by atoms with van der Waals surface area (Å²) < 4.78 is 0. The van der Waals surface area contributed by atoms with Gasteiger partial charge in [0.2, 0.25) is 0 Å². The maximum atomic E-state index is 8.78. The molecule has 2 aromatic heterocycles. The zero-order valence-electron chi connectivity index (χ0n) is 6.94. The summed E-state index contributed by atoms with van der Waals surface area (Å²) in [6.45, 7) is -0.0245. The predicted octanol–water partition coefficient (Wildman–Crippen LogP) is 0.964. The maximum Gasteiger partial charge on any atom is 0.0924 e. The molecular formula is C9H9N3O. The molecule has 66 valence electrons. The van der Waals surface area contributed by atoms with Gasteiger partial charge >= 0.3 is 0 Å². The van der Waals surface area contributed by atoms with E-state index in [0.29, 0.717) is 5.69 Å². The number of aromatic nitrogens is 3. The molecule has 0 fully saturated rings. The molecule has 0 amide bonds. The Morgan fingerprint density at radius 3 is 2.77 bits per heavy atom. The van der Waals surface area contributed by atoms with Gasteiger partial charge < -0.3 is 10.1 Å². The van der Waals surface area contributed by atoms with Gasteiger partial charge in [0.1, 0.15) is 0 Å². The molecule has 13 heavy (non-hydrogen) atoms. The van der Waals surface area contributed by atoms with Gasteiger partial charge in [0, 0.05) is 11.8 Å². The molecule has 2 heterocycles. The molecule has 4 nitrogen and oxygen atoms in total. The van der Waals surface area contributed by atoms with E-state index >= 15 is 0 Å². The fraction of sp³-hybridized carbons (Fsp3) is 0.111. The third-order valence-corrected chi connectivity index (χ3v) is 1.80. The normalized spacial score (nSPS) is 10.2. The van der Waals surface area contributed by atoms with Crippen LogP contribution in [0.15, 0.2) is 30.9 Å². The topological polar surface area (TPSA) is 61.8 Å². The molecule has 0 atom stereocenters. The lowest BCUT2D eigenvalue weighted by atomic mass is 10.2. The van der Waals surface area contributed by atoms with E-state index < -0.39 is 0 Å². The number of aromatic amines is 1. The monoisotopic (exact) mass is 175 g/mol. The van der Waals surface area contributed by atoms with Crippen LogP contribution in [0.4, 0.5) is 0 Å². The second-order valence-electron chi connectivity index (χ2n) is 2.66. The standard InChI is InChI=1S/C9H9N3O/c13-5-8-2-1-7(3-11-8)9-4-10-6-12-9/h1-4,6,13H,5H2,(H,10,12). The van der Waals surface area contributed by atoms with E-state index in [1.54, 1.807) is 24.8 Å². The van der Waals surface area contributed by atoms with E-state index in [1.165, 1.54) is 0 Å². The molecule has 0 saturated heterocycles. The Bertz CT molecular complexity index is 366. The highest BCUT2D eigenvalue weighted by molar-refractivity contribution is 5.56. The van der Waals surface area contributed by atoms with Crippen molar-refractivity contribution in [3.63, 3.8) is 0 Å². The van der Waals surface area contributed by atoms with Crippen molar-refractivity contribution in [3.05, 3.63) is 36.5 Å². The van der Waals surface area contributed by atoms with E-state index in [0.717, 1.165) is 11.3 Å². The molecule has 0 unspecified atom stereocenters. The molecule has 2 rings (SSSR count). The number of imidazole rings is 1. The van der Waals surface area contributed by atoms with Gasteiger partial charge in [-0.25, -0.2) is 4.98 Å². The average molecular weight is 175 g/mol. The average Bonchev–Trinajstić information content (AvgIpc) is 2.71. The molecule has 0 spiro atoms. The first-order valence-electron chi connectivity index (χ1n) is 3.94. The highest BCUT2D eigenvalue weighted by Gasteiger charge is 1.98.